The maximum Gasteiger partial charge on any atom is 0.241 e. The average Bonchev–Trinajstić information content (AvgIpc) is 3.28. The SMILES string of the molecule is Brc1cccc2c1CCN2c1ccc(OCc2ccccc2)nc1OCc1ccccc1. The van der Waals surface area contributed by atoms with Crippen molar-refractivity contribution in [3.05, 3.63) is 112 Å². The fourth-order valence-corrected chi connectivity index (χ4v) is 4.46. The number of hydrogen-bond acceptors (Lipinski definition) is 4. The molecule has 0 radical (unpaired) electrons. The minimum absolute atomic E-state index is 0.447. The molecule has 0 aliphatic carbocycles. The van der Waals surface area contributed by atoms with Crippen molar-refractivity contribution < 1.29 is 9.47 Å². The van der Waals surface area contributed by atoms with Crippen LogP contribution in [0.2, 0.25) is 0 Å². The molecule has 32 heavy (non-hydrogen) atoms. The van der Waals surface area contributed by atoms with Gasteiger partial charge < -0.3 is 14.4 Å². The van der Waals surface area contributed by atoms with Gasteiger partial charge in [-0.2, -0.15) is 4.98 Å². The summed E-state index contributed by atoms with van der Waals surface area (Å²) in [5, 5.41) is 0. The zero-order valence-corrected chi connectivity index (χ0v) is 19.2. The van der Waals surface area contributed by atoms with E-state index < -0.39 is 0 Å². The van der Waals surface area contributed by atoms with Crippen LogP contribution in [0.3, 0.4) is 0 Å². The summed E-state index contributed by atoms with van der Waals surface area (Å²) in [5.41, 5.74) is 5.64. The van der Waals surface area contributed by atoms with Gasteiger partial charge in [-0.25, -0.2) is 0 Å². The van der Waals surface area contributed by atoms with Gasteiger partial charge in [0.2, 0.25) is 11.8 Å². The number of pyridine rings is 1. The number of anilines is 2. The first-order chi connectivity index (χ1) is 15.8. The monoisotopic (exact) mass is 486 g/mol. The largest absolute Gasteiger partial charge is 0.473 e. The van der Waals surface area contributed by atoms with Gasteiger partial charge in [0.05, 0.1) is 0 Å². The number of fused-ring (bicyclic) bond motifs is 1. The van der Waals surface area contributed by atoms with Gasteiger partial charge in [0, 0.05) is 22.8 Å². The Hall–Kier alpha value is -3.31. The highest BCUT2D eigenvalue weighted by atomic mass is 79.9. The van der Waals surface area contributed by atoms with E-state index in [9.17, 15) is 0 Å². The molecule has 3 aromatic carbocycles. The molecule has 0 saturated carbocycles. The molecule has 0 N–H and O–H groups in total. The molecule has 1 aliphatic heterocycles. The van der Waals surface area contributed by atoms with Crippen molar-refractivity contribution >= 4 is 27.3 Å². The van der Waals surface area contributed by atoms with Gasteiger partial charge >= 0.3 is 0 Å². The zero-order valence-electron chi connectivity index (χ0n) is 17.6. The second-order valence-electron chi connectivity index (χ2n) is 7.66. The predicted octanol–water partition coefficient (Wildman–Crippen LogP) is 6.70. The highest BCUT2D eigenvalue weighted by Gasteiger charge is 2.25. The molecule has 0 atom stereocenters. The third-order valence-electron chi connectivity index (χ3n) is 5.52. The van der Waals surface area contributed by atoms with E-state index in [1.54, 1.807) is 0 Å². The minimum Gasteiger partial charge on any atom is -0.473 e. The maximum atomic E-state index is 6.23. The Bertz CT molecular complexity index is 1200. The Morgan fingerprint density at radius 2 is 1.41 bits per heavy atom. The number of benzene rings is 3. The Morgan fingerprint density at radius 1 is 0.719 bits per heavy atom. The third kappa shape index (κ3) is 4.48. The molecule has 0 bridgehead atoms. The second kappa shape index (κ2) is 9.45. The van der Waals surface area contributed by atoms with E-state index in [4.69, 9.17) is 14.5 Å². The summed E-state index contributed by atoms with van der Waals surface area (Å²) < 4.78 is 13.3. The summed E-state index contributed by atoms with van der Waals surface area (Å²) in [7, 11) is 0. The van der Waals surface area contributed by atoms with Gasteiger partial charge in [-0.15, -0.1) is 0 Å². The fourth-order valence-electron chi connectivity index (χ4n) is 3.91. The van der Waals surface area contributed by atoms with Gasteiger partial charge in [0.1, 0.15) is 18.9 Å². The summed E-state index contributed by atoms with van der Waals surface area (Å²) in [4.78, 5) is 7.02. The molecule has 1 aliphatic rings. The molecular weight excluding hydrogens is 464 g/mol. The average molecular weight is 487 g/mol. The summed E-state index contributed by atoms with van der Waals surface area (Å²) >= 11 is 3.69. The van der Waals surface area contributed by atoms with Crippen molar-refractivity contribution in [3.63, 3.8) is 0 Å². The summed E-state index contributed by atoms with van der Waals surface area (Å²) in [6.45, 7) is 1.79. The maximum absolute atomic E-state index is 6.23. The molecule has 160 valence electrons. The lowest BCUT2D eigenvalue weighted by Crippen LogP contribution is -2.15. The van der Waals surface area contributed by atoms with E-state index in [1.165, 1.54) is 11.3 Å². The molecule has 0 amide bonds. The van der Waals surface area contributed by atoms with E-state index >= 15 is 0 Å². The number of rotatable bonds is 7. The molecule has 0 spiro atoms. The van der Waals surface area contributed by atoms with Gasteiger partial charge in [-0.3, -0.25) is 0 Å². The Kier molecular flexibility index (Phi) is 6.08. The Morgan fingerprint density at radius 3 is 2.12 bits per heavy atom. The first-order valence-corrected chi connectivity index (χ1v) is 11.5. The van der Waals surface area contributed by atoms with Crippen molar-refractivity contribution in [3.8, 4) is 11.8 Å². The standard InChI is InChI=1S/C27H23BrN2O2/c28-23-12-7-13-24-22(23)16-17-30(24)25-14-15-26(31-18-20-8-3-1-4-9-20)29-27(25)32-19-21-10-5-2-6-11-21/h1-15H,16-19H2. The van der Waals surface area contributed by atoms with E-state index in [0.717, 1.165) is 34.3 Å². The van der Waals surface area contributed by atoms with E-state index in [2.05, 4.69) is 51.2 Å². The van der Waals surface area contributed by atoms with Crippen LogP contribution in [0.15, 0.2) is 95.5 Å². The van der Waals surface area contributed by atoms with Gasteiger partial charge in [-0.1, -0.05) is 82.7 Å². The second-order valence-corrected chi connectivity index (χ2v) is 8.52. The van der Waals surface area contributed by atoms with Gasteiger partial charge in [-0.05, 0) is 41.3 Å². The summed E-state index contributed by atoms with van der Waals surface area (Å²) in [6.07, 6.45) is 0.973. The Labute approximate surface area is 196 Å². The number of hydrogen-bond donors (Lipinski definition) is 0. The van der Waals surface area contributed by atoms with Crippen LogP contribution in [0, 0.1) is 0 Å². The van der Waals surface area contributed by atoms with Crippen LogP contribution in [0.1, 0.15) is 16.7 Å². The van der Waals surface area contributed by atoms with Crippen LogP contribution in [-0.4, -0.2) is 11.5 Å². The first kappa shape index (κ1) is 20.6. The lowest BCUT2D eigenvalue weighted by Gasteiger charge is -2.22. The number of aromatic nitrogens is 1. The molecule has 4 nitrogen and oxygen atoms in total. The minimum atomic E-state index is 0.447. The predicted molar refractivity (Wildman–Crippen MR) is 131 cm³/mol. The van der Waals surface area contributed by atoms with Crippen molar-refractivity contribution in [2.45, 2.75) is 19.6 Å². The number of halogens is 1. The van der Waals surface area contributed by atoms with Crippen LogP contribution < -0.4 is 14.4 Å². The molecule has 0 fully saturated rings. The molecule has 0 saturated heterocycles. The third-order valence-corrected chi connectivity index (χ3v) is 6.27. The Balaban J connectivity index is 1.43. The number of ether oxygens (including phenoxy) is 2. The summed E-state index contributed by atoms with van der Waals surface area (Å²) in [6, 6.07) is 30.5. The van der Waals surface area contributed by atoms with Crippen molar-refractivity contribution in [2.24, 2.45) is 0 Å². The highest BCUT2D eigenvalue weighted by molar-refractivity contribution is 9.10. The summed E-state index contributed by atoms with van der Waals surface area (Å²) in [5.74, 6) is 1.13. The first-order valence-electron chi connectivity index (χ1n) is 10.7. The van der Waals surface area contributed by atoms with Crippen molar-refractivity contribution in [1.29, 1.82) is 0 Å². The van der Waals surface area contributed by atoms with E-state index in [0.29, 0.717) is 25.0 Å². The van der Waals surface area contributed by atoms with Crippen LogP contribution in [0.4, 0.5) is 11.4 Å². The molecule has 5 rings (SSSR count). The van der Waals surface area contributed by atoms with Gasteiger partial charge in [0.15, 0.2) is 0 Å². The smallest absolute Gasteiger partial charge is 0.241 e. The number of nitrogens with zero attached hydrogens (tertiary/aromatic N) is 2. The fraction of sp³-hybridized carbons (Fsp3) is 0.148. The normalized spacial score (nSPS) is 12.5. The van der Waals surface area contributed by atoms with Crippen molar-refractivity contribution in [1.82, 2.24) is 4.98 Å². The molecule has 5 heteroatoms. The highest BCUT2D eigenvalue weighted by Crippen LogP contribution is 2.42. The van der Waals surface area contributed by atoms with Crippen LogP contribution in [0.5, 0.6) is 11.8 Å². The van der Waals surface area contributed by atoms with Crippen LogP contribution in [-0.2, 0) is 19.6 Å². The lowest BCUT2D eigenvalue weighted by molar-refractivity contribution is 0.268. The van der Waals surface area contributed by atoms with Gasteiger partial charge in [0.25, 0.3) is 0 Å². The molecule has 1 aromatic heterocycles. The van der Waals surface area contributed by atoms with E-state index in [-0.39, 0.29) is 0 Å². The lowest BCUT2D eigenvalue weighted by atomic mass is 10.2. The van der Waals surface area contributed by atoms with Crippen LogP contribution in [0.25, 0.3) is 0 Å². The molecule has 2 heterocycles. The van der Waals surface area contributed by atoms with Crippen molar-refractivity contribution in [2.75, 3.05) is 11.4 Å². The molecule has 0 unspecified atom stereocenters. The van der Waals surface area contributed by atoms with E-state index in [1.807, 2.05) is 60.7 Å². The van der Waals surface area contributed by atoms with Crippen LogP contribution >= 0.6 is 15.9 Å². The quantitative estimate of drug-likeness (QED) is 0.291. The topological polar surface area (TPSA) is 34.6 Å². The zero-order chi connectivity index (χ0) is 21.8. The molecule has 4 aromatic rings. The molecular formula is C27H23BrN2O2.